The fourth-order valence-corrected chi connectivity index (χ4v) is 2.96. The van der Waals surface area contributed by atoms with Gasteiger partial charge in [0.1, 0.15) is 22.9 Å². The molecule has 1 aromatic heterocycles. The lowest BCUT2D eigenvalue weighted by atomic mass is 10.0. The molecule has 0 saturated carbocycles. The van der Waals surface area contributed by atoms with Crippen LogP contribution in [0.4, 0.5) is 4.39 Å². The zero-order valence-electron chi connectivity index (χ0n) is 15.4. The molecule has 0 fully saturated rings. The van der Waals surface area contributed by atoms with Crippen molar-refractivity contribution >= 4 is 16.9 Å². The quantitative estimate of drug-likeness (QED) is 0.705. The molecule has 4 nitrogen and oxygen atoms in total. The zero-order valence-corrected chi connectivity index (χ0v) is 15.4. The first-order chi connectivity index (χ1) is 12.4. The van der Waals surface area contributed by atoms with Gasteiger partial charge < -0.3 is 14.5 Å². The average Bonchev–Trinajstić information content (AvgIpc) is 2.98. The lowest BCUT2D eigenvalue weighted by Gasteiger charge is -2.13. The van der Waals surface area contributed by atoms with Gasteiger partial charge in [0.2, 0.25) is 0 Å². The predicted octanol–water partition coefficient (Wildman–Crippen LogP) is 4.95. The van der Waals surface area contributed by atoms with Crippen molar-refractivity contribution in [2.75, 3.05) is 7.05 Å². The molecule has 0 atom stereocenters. The Labute approximate surface area is 152 Å². The second kappa shape index (κ2) is 7.20. The van der Waals surface area contributed by atoms with Crippen LogP contribution in [0.25, 0.3) is 22.3 Å². The highest BCUT2D eigenvalue weighted by molar-refractivity contribution is 6.11. The summed E-state index contributed by atoms with van der Waals surface area (Å²) in [6.45, 7) is 5.96. The minimum Gasteiger partial charge on any atom is -0.491 e. The molecule has 136 valence electrons. The van der Waals surface area contributed by atoms with Crippen LogP contribution < -0.4 is 10.1 Å². The molecule has 0 spiro atoms. The predicted molar refractivity (Wildman–Crippen MR) is 100 cm³/mol. The van der Waals surface area contributed by atoms with E-state index in [0.717, 1.165) is 17.7 Å². The zero-order chi connectivity index (χ0) is 18.8. The third-order valence-electron chi connectivity index (χ3n) is 4.18. The Morgan fingerprint density at radius 2 is 1.92 bits per heavy atom. The first-order valence-corrected chi connectivity index (χ1v) is 8.68. The molecule has 0 unspecified atom stereocenters. The summed E-state index contributed by atoms with van der Waals surface area (Å²) in [6, 6.07) is 9.67. The van der Waals surface area contributed by atoms with Gasteiger partial charge in [0.05, 0.1) is 11.7 Å². The summed E-state index contributed by atoms with van der Waals surface area (Å²) in [7, 11) is 1.57. The number of rotatable bonds is 5. The van der Waals surface area contributed by atoms with Crippen LogP contribution in [0, 0.1) is 5.82 Å². The smallest absolute Gasteiger partial charge is 0.255 e. The Balaban J connectivity index is 2.28. The monoisotopic (exact) mass is 355 g/mol. The van der Waals surface area contributed by atoms with E-state index in [-0.39, 0.29) is 17.8 Å². The van der Waals surface area contributed by atoms with Crippen molar-refractivity contribution in [1.82, 2.24) is 5.32 Å². The Kier molecular flexibility index (Phi) is 4.98. The molecule has 0 aliphatic carbocycles. The summed E-state index contributed by atoms with van der Waals surface area (Å²) in [4.78, 5) is 12.6. The van der Waals surface area contributed by atoms with E-state index in [1.54, 1.807) is 19.2 Å². The number of hydrogen-bond donors (Lipinski definition) is 1. The van der Waals surface area contributed by atoms with Crippen LogP contribution in [0.3, 0.4) is 0 Å². The summed E-state index contributed by atoms with van der Waals surface area (Å²) in [5.74, 6) is 0.560. The van der Waals surface area contributed by atoms with Crippen LogP contribution in [0.2, 0.25) is 0 Å². The fraction of sp³-hybridized carbons (Fsp3) is 0.286. The summed E-state index contributed by atoms with van der Waals surface area (Å²) in [5.41, 5.74) is 2.68. The van der Waals surface area contributed by atoms with Gasteiger partial charge in [-0.15, -0.1) is 0 Å². The lowest BCUT2D eigenvalue weighted by molar-refractivity contribution is 0.0964. The van der Waals surface area contributed by atoms with E-state index in [0.29, 0.717) is 27.9 Å². The molecule has 1 heterocycles. The average molecular weight is 355 g/mol. The number of halogens is 1. The van der Waals surface area contributed by atoms with Crippen LogP contribution in [-0.4, -0.2) is 19.1 Å². The molecule has 0 bridgehead atoms. The highest BCUT2D eigenvalue weighted by Crippen LogP contribution is 2.37. The number of carbonyl (C=O) groups is 1. The maximum Gasteiger partial charge on any atom is 0.255 e. The molecule has 0 radical (unpaired) electrons. The minimum absolute atomic E-state index is 0.0182. The Bertz CT molecular complexity index is 942. The first-order valence-electron chi connectivity index (χ1n) is 8.68. The number of ether oxygens (including phenoxy) is 1. The van der Waals surface area contributed by atoms with E-state index in [1.807, 2.05) is 32.9 Å². The standard InChI is InChI=1S/C21H22FNO3/c1-5-13-10-18-16(11-17(13)25-12(2)3)19(21(24)23-4)20(26-18)14-6-8-15(22)9-7-14/h6-12H,5H2,1-4H3,(H,23,24). The molecule has 0 aliphatic rings. The Morgan fingerprint density at radius 3 is 2.50 bits per heavy atom. The summed E-state index contributed by atoms with van der Waals surface area (Å²) in [6.07, 6.45) is 0.796. The molecular formula is C21H22FNO3. The van der Waals surface area contributed by atoms with Crippen LogP contribution >= 0.6 is 0 Å². The van der Waals surface area contributed by atoms with Gasteiger partial charge >= 0.3 is 0 Å². The molecule has 5 heteroatoms. The number of hydrogen-bond acceptors (Lipinski definition) is 3. The van der Waals surface area contributed by atoms with Gasteiger partial charge in [-0.1, -0.05) is 6.92 Å². The topological polar surface area (TPSA) is 51.5 Å². The normalized spacial score (nSPS) is 11.2. The molecule has 3 rings (SSSR count). The summed E-state index contributed by atoms with van der Waals surface area (Å²) < 4.78 is 25.2. The first kappa shape index (κ1) is 18.0. The van der Waals surface area contributed by atoms with Crippen molar-refractivity contribution < 1.29 is 18.3 Å². The number of nitrogens with one attached hydrogen (secondary N) is 1. The molecule has 2 aromatic carbocycles. The van der Waals surface area contributed by atoms with E-state index in [9.17, 15) is 9.18 Å². The van der Waals surface area contributed by atoms with E-state index in [4.69, 9.17) is 9.15 Å². The van der Waals surface area contributed by atoms with Crippen LogP contribution in [0.1, 0.15) is 36.7 Å². The number of aryl methyl sites for hydroxylation is 1. The highest BCUT2D eigenvalue weighted by atomic mass is 19.1. The van der Waals surface area contributed by atoms with E-state index >= 15 is 0 Å². The number of fused-ring (bicyclic) bond motifs is 1. The van der Waals surface area contributed by atoms with Crippen molar-refractivity contribution in [3.63, 3.8) is 0 Å². The largest absolute Gasteiger partial charge is 0.491 e. The van der Waals surface area contributed by atoms with Gasteiger partial charge in [0, 0.05) is 18.0 Å². The lowest BCUT2D eigenvalue weighted by Crippen LogP contribution is -2.18. The van der Waals surface area contributed by atoms with Crippen molar-refractivity contribution in [3.8, 4) is 17.1 Å². The summed E-state index contributed by atoms with van der Waals surface area (Å²) in [5, 5.41) is 3.33. The SMILES string of the molecule is CCc1cc2oc(-c3ccc(F)cc3)c(C(=O)NC)c2cc1OC(C)C. The van der Waals surface area contributed by atoms with E-state index < -0.39 is 0 Å². The Hall–Kier alpha value is -2.82. The van der Waals surface area contributed by atoms with Crippen LogP contribution in [-0.2, 0) is 6.42 Å². The molecule has 3 aromatic rings. The van der Waals surface area contributed by atoms with Crippen molar-refractivity contribution in [2.24, 2.45) is 0 Å². The van der Waals surface area contributed by atoms with Gasteiger partial charge in [0.25, 0.3) is 5.91 Å². The van der Waals surface area contributed by atoms with E-state index in [1.165, 1.54) is 12.1 Å². The minimum atomic E-state index is -0.341. The second-order valence-corrected chi connectivity index (χ2v) is 6.37. The van der Waals surface area contributed by atoms with Gasteiger partial charge in [-0.05, 0) is 62.2 Å². The fourth-order valence-electron chi connectivity index (χ4n) is 2.96. The number of benzene rings is 2. The van der Waals surface area contributed by atoms with Gasteiger partial charge in [-0.3, -0.25) is 4.79 Å². The molecule has 1 amide bonds. The van der Waals surface area contributed by atoms with Crippen LogP contribution in [0.5, 0.6) is 5.75 Å². The van der Waals surface area contributed by atoms with Gasteiger partial charge in [0.15, 0.2) is 0 Å². The number of carbonyl (C=O) groups excluding carboxylic acids is 1. The maximum atomic E-state index is 13.3. The van der Waals surface area contributed by atoms with Gasteiger partial charge in [-0.25, -0.2) is 4.39 Å². The van der Waals surface area contributed by atoms with Gasteiger partial charge in [-0.2, -0.15) is 0 Å². The molecule has 0 aliphatic heterocycles. The molecular weight excluding hydrogens is 333 g/mol. The molecule has 1 N–H and O–H groups in total. The van der Waals surface area contributed by atoms with E-state index in [2.05, 4.69) is 5.32 Å². The van der Waals surface area contributed by atoms with Crippen molar-refractivity contribution in [1.29, 1.82) is 0 Å². The second-order valence-electron chi connectivity index (χ2n) is 6.37. The third kappa shape index (κ3) is 3.29. The summed E-state index contributed by atoms with van der Waals surface area (Å²) >= 11 is 0. The Morgan fingerprint density at radius 1 is 1.23 bits per heavy atom. The molecule has 0 saturated heterocycles. The van der Waals surface area contributed by atoms with Crippen molar-refractivity contribution in [2.45, 2.75) is 33.3 Å². The molecule has 26 heavy (non-hydrogen) atoms. The van der Waals surface area contributed by atoms with Crippen molar-refractivity contribution in [3.05, 3.63) is 53.3 Å². The number of furan rings is 1. The number of amides is 1. The maximum absolute atomic E-state index is 13.3. The third-order valence-corrected chi connectivity index (χ3v) is 4.18. The van der Waals surface area contributed by atoms with Crippen LogP contribution in [0.15, 0.2) is 40.8 Å². The highest BCUT2D eigenvalue weighted by Gasteiger charge is 2.23.